The number of carbonyl (C=O) groups is 2. The number of nitrogens with zero attached hydrogens (tertiary/aromatic N) is 2. The van der Waals surface area contributed by atoms with Gasteiger partial charge in [-0.25, -0.2) is 8.42 Å². The molecule has 0 bridgehead atoms. The average Bonchev–Trinajstić information content (AvgIpc) is 3.50. The first kappa shape index (κ1) is 32.4. The smallest absolute Gasteiger partial charge is 0.264 e. The van der Waals surface area contributed by atoms with E-state index < -0.39 is 28.5 Å². The zero-order valence-electron chi connectivity index (χ0n) is 25.0. The van der Waals surface area contributed by atoms with E-state index in [4.69, 9.17) is 16.3 Å². The Kier molecular flexibility index (Phi) is 11.1. The number of hydrogen-bond acceptors (Lipinski definition) is 5. The zero-order valence-corrected chi connectivity index (χ0v) is 26.5. The number of amides is 2. The minimum Gasteiger partial charge on any atom is -0.492 e. The highest BCUT2D eigenvalue weighted by Crippen LogP contribution is 2.33. The second-order valence-corrected chi connectivity index (χ2v) is 13.1. The molecule has 4 rings (SSSR count). The Labute approximate surface area is 260 Å². The van der Waals surface area contributed by atoms with Gasteiger partial charge in [0.15, 0.2) is 0 Å². The van der Waals surface area contributed by atoms with Gasteiger partial charge < -0.3 is 15.0 Å². The van der Waals surface area contributed by atoms with E-state index in [1.807, 2.05) is 20.8 Å². The number of aryl methyl sites for hydroxylation is 1. The first-order valence-corrected chi connectivity index (χ1v) is 16.6. The van der Waals surface area contributed by atoms with Gasteiger partial charge in [-0.15, -0.1) is 0 Å². The van der Waals surface area contributed by atoms with Crippen molar-refractivity contribution in [3.8, 4) is 5.75 Å². The van der Waals surface area contributed by atoms with Crippen LogP contribution in [0, 0.1) is 6.92 Å². The molecule has 0 aliphatic heterocycles. The van der Waals surface area contributed by atoms with Crippen molar-refractivity contribution in [1.29, 1.82) is 0 Å². The first-order valence-electron chi connectivity index (χ1n) is 14.8. The lowest BCUT2D eigenvalue weighted by atomic mass is 10.1. The maximum atomic E-state index is 14.3. The molecule has 3 aromatic carbocycles. The Balaban J connectivity index is 1.75. The third-order valence-electron chi connectivity index (χ3n) is 7.68. The molecule has 1 atom stereocenters. The molecule has 1 saturated carbocycles. The molecule has 0 heterocycles. The van der Waals surface area contributed by atoms with Crippen LogP contribution in [-0.2, 0) is 26.2 Å². The molecule has 1 aliphatic carbocycles. The van der Waals surface area contributed by atoms with Gasteiger partial charge in [0.1, 0.15) is 18.3 Å². The molecule has 0 aromatic heterocycles. The number of para-hydroxylation sites is 2. The van der Waals surface area contributed by atoms with E-state index in [1.165, 1.54) is 17.0 Å². The molecular weight excluding hydrogens is 586 g/mol. The van der Waals surface area contributed by atoms with Gasteiger partial charge in [0.25, 0.3) is 10.0 Å². The number of hydrogen-bond donors (Lipinski definition) is 1. The van der Waals surface area contributed by atoms with Gasteiger partial charge in [-0.3, -0.25) is 13.9 Å². The van der Waals surface area contributed by atoms with Crippen molar-refractivity contribution in [3.63, 3.8) is 0 Å². The number of carbonyl (C=O) groups excluding carboxylic acids is 2. The Morgan fingerprint density at radius 2 is 1.63 bits per heavy atom. The molecule has 10 heteroatoms. The van der Waals surface area contributed by atoms with Gasteiger partial charge in [0.05, 0.1) is 17.2 Å². The van der Waals surface area contributed by atoms with E-state index in [2.05, 4.69) is 5.32 Å². The van der Waals surface area contributed by atoms with Crippen LogP contribution < -0.4 is 14.4 Å². The van der Waals surface area contributed by atoms with Gasteiger partial charge in [0.2, 0.25) is 11.8 Å². The summed E-state index contributed by atoms with van der Waals surface area (Å²) in [4.78, 5) is 29.4. The summed E-state index contributed by atoms with van der Waals surface area (Å²) in [7, 11) is -4.20. The lowest BCUT2D eigenvalue weighted by molar-refractivity contribution is -0.140. The summed E-state index contributed by atoms with van der Waals surface area (Å²) in [5.74, 6) is -0.409. The van der Waals surface area contributed by atoms with Crippen molar-refractivity contribution >= 4 is 39.1 Å². The minimum absolute atomic E-state index is 0.0486. The van der Waals surface area contributed by atoms with Gasteiger partial charge in [-0.1, -0.05) is 73.3 Å². The summed E-state index contributed by atoms with van der Waals surface area (Å²) in [6.07, 6.45) is 4.28. The van der Waals surface area contributed by atoms with Gasteiger partial charge in [-0.05, 0) is 75.1 Å². The number of ether oxygens (including phenoxy) is 1. The highest BCUT2D eigenvalue weighted by atomic mass is 35.5. The van der Waals surface area contributed by atoms with E-state index in [0.717, 1.165) is 41.1 Å². The third-order valence-corrected chi connectivity index (χ3v) is 9.70. The number of anilines is 1. The molecule has 2 amide bonds. The van der Waals surface area contributed by atoms with Crippen LogP contribution in [0.25, 0.3) is 0 Å². The van der Waals surface area contributed by atoms with E-state index in [0.29, 0.717) is 23.8 Å². The SMILES string of the molecule is CCOc1ccccc1N(CC(=O)N(Cc1ccc(Cl)cc1)[C@@H](CC)C(=O)NC1CCCC1)S(=O)(=O)c1ccc(C)cc1. The van der Waals surface area contributed by atoms with Crippen molar-refractivity contribution in [2.45, 2.75) is 76.4 Å². The summed E-state index contributed by atoms with van der Waals surface area (Å²) in [5, 5.41) is 3.68. The van der Waals surface area contributed by atoms with Gasteiger partial charge in [0, 0.05) is 17.6 Å². The summed E-state index contributed by atoms with van der Waals surface area (Å²) in [6, 6.07) is 19.6. The highest BCUT2D eigenvalue weighted by molar-refractivity contribution is 7.92. The fourth-order valence-electron chi connectivity index (χ4n) is 5.37. The maximum Gasteiger partial charge on any atom is 0.264 e. The zero-order chi connectivity index (χ0) is 31.0. The standard InChI is InChI=1S/C33H40ClN3O5S/c1-4-29(33(39)35-27-10-6-7-11-27)36(22-25-16-18-26(34)19-17-25)32(38)23-37(30-12-8-9-13-31(30)42-5-2)43(40,41)28-20-14-24(3)15-21-28/h8-9,12-21,27,29H,4-7,10-11,22-23H2,1-3H3,(H,35,39)/t29-/m0/s1. The van der Waals surface area contributed by atoms with Gasteiger partial charge >= 0.3 is 0 Å². The molecule has 0 radical (unpaired) electrons. The first-order chi connectivity index (χ1) is 20.6. The van der Waals surface area contributed by atoms with Crippen molar-refractivity contribution in [2.24, 2.45) is 0 Å². The van der Waals surface area contributed by atoms with Crippen LogP contribution in [0.3, 0.4) is 0 Å². The molecule has 0 saturated heterocycles. The van der Waals surface area contributed by atoms with Gasteiger partial charge in [-0.2, -0.15) is 0 Å². The molecule has 43 heavy (non-hydrogen) atoms. The number of nitrogens with one attached hydrogen (secondary N) is 1. The molecule has 0 spiro atoms. The van der Waals surface area contributed by atoms with E-state index in [9.17, 15) is 18.0 Å². The quantitative estimate of drug-likeness (QED) is 0.247. The van der Waals surface area contributed by atoms with Crippen molar-refractivity contribution < 1.29 is 22.7 Å². The number of sulfonamides is 1. The van der Waals surface area contributed by atoms with Crippen LogP contribution in [-0.4, -0.2) is 50.4 Å². The molecule has 1 N–H and O–H groups in total. The van der Waals surface area contributed by atoms with Crippen LogP contribution >= 0.6 is 11.6 Å². The molecule has 0 unspecified atom stereocenters. The highest BCUT2D eigenvalue weighted by Gasteiger charge is 2.35. The van der Waals surface area contributed by atoms with E-state index >= 15 is 0 Å². The van der Waals surface area contributed by atoms with Crippen molar-refractivity contribution in [2.75, 3.05) is 17.5 Å². The molecular formula is C33H40ClN3O5S. The minimum atomic E-state index is -4.20. The fraction of sp³-hybridized carbons (Fsp3) is 0.394. The van der Waals surface area contributed by atoms with Crippen LogP contribution in [0.5, 0.6) is 5.75 Å². The monoisotopic (exact) mass is 625 g/mol. The summed E-state index contributed by atoms with van der Waals surface area (Å²) in [5.41, 5.74) is 1.92. The second kappa shape index (κ2) is 14.8. The second-order valence-electron chi connectivity index (χ2n) is 10.8. The van der Waals surface area contributed by atoms with Crippen molar-refractivity contribution in [1.82, 2.24) is 10.2 Å². The molecule has 8 nitrogen and oxygen atoms in total. The fourth-order valence-corrected chi connectivity index (χ4v) is 6.92. The van der Waals surface area contributed by atoms with Crippen LogP contribution in [0.1, 0.15) is 57.1 Å². The lowest BCUT2D eigenvalue weighted by Gasteiger charge is -2.34. The van der Waals surface area contributed by atoms with Crippen LogP contribution in [0.15, 0.2) is 77.7 Å². The number of rotatable bonds is 13. The third kappa shape index (κ3) is 8.09. The number of benzene rings is 3. The average molecular weight is 626 g/mol. The van der Waals surface area contributed by atoms with Crippen molar-refractivity contribution in [3.05, 3.63) is 88.9 Å². The Morgan fingerprint density at radius 3 is 2.26 bits per heavy atom. The van der Waals surface area contributed by atoms with Crippen LogP contribution in [0.2, 0.25) is 5.02 Å². The largest absolute Gasteiger partial charge is 0.492 e. The molecule has 1 fully saturated rings. The maximum absolute atomic E-state index is 14.3. The topological polar surface area (TPSA) is 96.0 Å². The predicted octanol–water partition coefficient (Wildman–Crippen LogP) is 6.11. The molecule has 3 aromatic rings. The molecule has 230 valence electrons. The summed E-state index contributed by atoms with van der Waals surface area (Å²) in [6.45, 7) is 5.43. The Bertz CT molecular complexity index is 1490. The van der Waals surface area contributed by atoms with E-state index in [1.54, 1.807) is 60.7 Å². The summed E-state index contributed by atoms with van der Waals surface area (Å²) < 4.78 is 35.2. The normalized spacial score (nSPS) is 14.2. The predicted molar refractivity (Wildman–Crippen MR) is 170 cm³/mol. The Hall–Kier alpha value is -3.56. The van der Waals surface area contributed by atoms with Crippen LogP contribution in [0.4, 0.5) is 5.69 Å². The van der Waals surface area contributed by atoms with E-state index in [-0.39, 0.29) is 29.1 Å². The number of halogens is 1. The lowest BCUT2D eigenvalue weighted by Crippen LogP contribution is -2.53. The summed E-state index contributed by atoms with van der Waals surface area (Å²) >= 11 is 6.11. The molecule has 1 aliphatic rings. The Morgan fingerprint density at radius 1 is 0.977 bits per heavy atom.